The molecule has 3 aromatic rings. The van der Waals surface area contributed by atoms with Crippen LogP contribution in [0.15, 0.2) is 42.7 Å². The highest BCUT2D eigenvalue weighted by Crippen LogP contribution is 2.46. The van der Waals surface area contributed by atoms with Gasteiger partial charge in [0.15, 0.2) is 0 Å². The first-order valence-electron chi connectivity index (χ1n) is 11.5. The Morgan fingerprint density at radius 3 is 2.71 bits per heavy atom. The van der Waals surface area contributed by atoms with Crippen molar-refractivity contribution in [2.45, 2.75) is 37.6 Å². The number of nitrogens with zero attached hydrogens (tertiary/aromatic N) is 4. The second kappa shape index (κ2) is 7.98. The third-order valence-corrected chi connectivity index (χ3v) is 7.00. The molecule has 6 rings (SSSR count). The molecule has 3 aliphatic rings. The maximum Gasteiger partial charge on any atom is 0.417 e. The van der Waals surface area contributed by atoms with Crippen LogP contribution in [0.25, 0.3) is 11.3 Å². The van der Waals surface area contributed by atoms with Crippen molar-refractivity contribution < 1.29 is 22.7 Å². The van der Waals surface area contributed by atoms with E-state index < -0.39 is 17.8 Å². The van der Waals surface area contributed by atoms with E-state index in [1.807, 2.05) is 18.3 Å². The Hall–Kier alpha value is -3.60. The Labute approximate surface area is 199 Å². The zero-order chi connectivity index (χ0) is 24.2. The minimum atomic E-state index is -4.39. The molecule has 2 aromatic heterocycles. The average Bonchev–Trinajstić information content (AvgIpc) is 3.43. The number of aromatic amines is 1. The summed E-state index contributed by atoms with van der Waals surface area (Å²) in [4.78, 5) is 20.1. The highest BCUT2D eigenvalue weighted by Gasteiger charge is 2.51. The molecule has 2 N–H and O–H groups in total. The number of nitrogens with one attached hydrogen (secondary N) is 2. The van der Waals surface area contributed by atoms with Crippen LogP contribution in [0.2, 0.25) is 0 Å². The predicted molar refractivity (Wildman–Crippen MR) is 121 cm³/mol. The van der Waals surface area contributed by atoms with E-state index in [1.165, 1.54) is 6.07 Å². The third-order valence-electron chi connectivity index (χ3n) is 7.00. The quantitative estimate of drug-likeness (QED) is 0.584. The van der Waals surface area contributed by atoms with Crippen LogP contribution in [0.5, 0.6) is 5.75 Å². The lowest BCUT2D eigenvalue weighted by Crippen LogP contribution is -2.55. The highest BCUT2D eigenvalue weighted by molar-refractivity contribution is 5.74. The number of fused-ring (bicyclic) bond motifs is 1. The van der Waals surface area contributed by atoms with Gasteiger partial charge in [0.1, 0.15) is 11.6 Å². The molecule has 35 heavy (non-hydrogen) atoms. The van der Waals surface area contributed by atoms with Crippen LogP contribution in [0.3, 0.4) is 0 Å². The number of alkyl halides is 3. The van der Waals surface area contributed by atoms with Gasteiger partial charge in [-0.15, -0.1) is 0 Å². The number of H-pyrrole nitrogens is 1. The van der Waals surface area contributed by atoms with Crippen LogP contribution in [0, 0.1) is 0 Å². The minimum Gasteiger partial charge on any atom is -0.410 e. The smallest absolute Gasteiger partial charge is 0.410 e. The topological polar surface area (TPSA) is 86.4 Å². The maximum atomic E-state index is 12.9. The zero-order valence-electron chi connectivity index (χ0n) is 18.7. The van der Waals surface area contributed by atoms with Crippen molar-refractivity contribution in [2.24, 2.45) is 0 Å². The fourth-order valence-electron chi connectivity index (χ4n) is 5.04. The number of rotatable bonds is 4. The normalized spacial score (nSPS) is 19.3. The van der Waals surface area contributed by atoms with Crippen LogP contribution < -0.4 is 15.0 Å². The second-order valence-corrected chi connectivity index (χ2v) is 9.33. The number of ether oxygens (including phenoxy) is 1. The van der Waals surface area contributed by atoms with Crippen LogP contribution >= 0.6 is 0 Å². The Bertz CT molecular complexity index is 1270. The number of carbonyl (C=O) groups is 1. The summed E-state index contributed by atoms with van der Waals surface area (Å²) < 4.78 is 44.0. The number of pyridine rings is 1. The fourth-order valence-corrected chi connectivity index (χ4v) is 5.04. The molecule has 1 saturated carbocycles. The van der Waals surface area contributed by atoms with Crippen molar-refractivity contribution in [3.63, 3.8) is 0 Å². The van der Waals surface area contributed by atoms with Crippen molar-refractivity contribution >= 4 is 11.9 Å². The third kappa shape index (κ3) is 4.09. The monoisotopic (exact) mass is 484 g/mol. The maximum absolute atomic E-state index is 12.9. The Morgan fingerprint density at radius 2 is 1.97 bits per heavy atom. The molecule has 0 radical (unpaired) electrons. The van der Waals surface area contributed by atoms with Gasteiger partial charge in [0.25, 0.3) is 0 Å². The van der Waals surface area contributed by atoms with Gasteiger partial charge in [-0.3, -0.25) is 10.00 Å². The molecule has 11 heteroatoms. The molecule has 1 saturated heterocycles. The molecule has 0 atom stereocenters. The number of benzene rings is 1. The number of halogens is 3. The molecule has 2 fully saturated rings. The van der Waals surface area contributed by atoms with Gasteiger partial charge >= 0.3 is 12.3 Å². The van der Waals surface area contributed by atoms with Gasteiger partial charge in [0.05, 0.1) is 23.0 Å². The summed E-state index contributed by atoms with van der Waals surface area (Å²) in [5.74, 6) is 1.16. The van der Waals surface area contributed by atoms with Crippen LogP contribution in [-0.4, -0.2) is 51.3 Å². The fraction of sp³-hybridized carbons (Fsp3) is 0.375. The van der Waals surface area contributed by atoms with Gasteiger partial charge in [-0.05, 0) is 43.2 Å². The number of hydrogen-bond donors (Lipinski definition) is 2. The van der Waals surface area contributed by atoms with Crippen molar-refractivity contribution in [1.82, 2.24) is 25.4 Å². The number of piperazine rings is 1. The summed E-state index contributed by atoms with van der Waals surface area (Å²) in [6.45, 7) is 3.38. The van der Waals surface area contributed by atoms with Crippen molar-refractivity contribution in [1.29, 1.82) is 0 Å². The number of hydrogen-bond acceptors (Lipinski definition) is 6. The molecule has 0 unspecified atom stereocenters. The highest BCUT2D eigenvalue weighted by atomic mass is 19.4. The van der Waals surface area contributed by atoms with E-state index in [0.717, 1.165) is 60.6 Å². The molecular formula is C24H23F3N6O2. The summed E-state index contributed by atoms with van der Waals surface area (Å²) >= 11 is 0. The lowest BCUT2D eigenvalue weighted by atomic mass is 10.0. The van der Waals surface area contributed by atoms with Crippen LogP contribution in [-0.2, 0) is 19.3 Å². The molecule has 1 spiro atoms. The lowest BCUT2D eigenvalue weighted by molar-refractivity contribution is -0.137. The summed E-state index contributed by atoms with van der Waals surface area (Å²) in [7, 11) is 0. The van der Waals surface area contributed by atoms with Gasteiger partial charge in [-0.1, -0.05) is 0 Å². The minimum absolute atomic E-state index is 0.0870. The van der Waals surface area contributed by atoms with E-state index in [2.05, 4.69) is 30.3 Å². The van der Waals surface area contributed by atoms with Crippen molar-refractivity contribution in [3.8, 4) is 17.0 Å². The van der Waals surface area contributed by atoms with Crippen molar-refractivity contribution in [2.75, 3.05) is 24.5 Å². The Morgan fingerprint density at radius 1 is 1.11 bits per heavy atom. The number of carbonyl (C=O) groups excluding carboxylic acids is 1. The summed E-state index contributed by atoms with van der Waals surface area (Å²) in [6, 6.07) is 8.28. The predicted octanol–water partition coefficient (Wildman–Crippen LogP) is 3.95. The van der Waals surface area contributed by atoms with E-state index in [0.29, 0.717) is 31.2 Å². The van der Waals surface area contributed by atoms with E-state index in [-0.39, 0.29) is 5.54 Å². The van der Waals surface area contributed by atoms with Gasteiger partial charge < -0.3 is 15.0 Å². The average molecular weight is 484 g/mol. The molecule has 182 valence electrons. The molecule has 4 heterocycles. The number of amides is 1. The molecule has 1 amide bonds. The molecule has 1 aromatic carbocycles. The molecule has 0 bridgehead atoms. The molecule has 2 aliphatic heterocycles. The first-order chi connectivity index (χ1) is 16.8. The van der Waals surface area contributed by atoms with Gasteiger partial charge in [0, 0.05) is 55.6 Å². The SMILES string of the molecule is O=C1NCc2cc(-c3[nH]ncc3CN3CCN(c4ccc(C(F)(F)F)cn4)C4(CC4)C3)ccc2O1. The van der Waals surface area contributed by atoms with Crippen LogP contribution in [0.1, 0.15) is 29.5 Å². The summed E-state index contributed by atoms with van der Waals surface area (Å²) in [5, 5.41) is 10.0. The first-order valence-corrected chi connectivity index (χ1v) is 11.5. The summed E-state index contributed by atoms with van der Waals surface area (Å²) in [6.07, 6.45) is -0.113. The van der Waals surface area contributed by atoms with Crippen molar-refractivity contribution in [3.05, 3.63) is 59.4 Å². The van der Waals surface area contributed by atoms with E-state index in [1.54, 1.807) is 6.07 Å². The van der Waals surface area contributed by atoms with Crippen LogP contribution in [0.4, 0.5) is 23.8 Å². The van der Waals surface area contributed by atoms with E-state index in [4.69, 9.17) is 4.74 Å². The van der Waals surface area contributed by atoms with Gasteiger partial charge in [-0.25, -0.2) is 9.78 Å². The largest absolute Gasteiger partial charge is 0.417 e. The van der Waals surface area contributed by atoms with Gasteiger partial charge in [0.2, 0.25) is 0 Å². The Kier molecular flexibility index (Phi) is 4.99. The zero-order valence-corrected chi connectivity index (χ0v) is 18.7. The number of aromatic nitrogens is 3. The number of anilines is 1. The van der Waals surface area contributed by atoms with Gasteiger partial charge in [-0.2, -0.15) is 18.3 Å². The summed E-state index contributed by atoms with van der Waals surface area (Å²) in [5.41, 5.74) is 3.02. The first kappa shape index (κ1) is 21.9. The molecule has 8 nitrogen and oxygen atoms in total. The standard InChI is InChI=1S/C24H23F3N6O2/c25-24(26,27)18-2-4-20(28-12-18)33-8-7-32(14-23(33)5-6-23)13-17-11-30-31-21(17)15-1-3-19-16(9-15)10-29-22(34)35-19/h1-4,9,11-12H,5-8,10,13-14H2,(H,29,34)(H,30,31). The van der Waals surface area contributed by atoms with E-state index >= 15 is 0 Å². The Balaban J connectivity index is 1.17. The lowest BCUT2D eigenvalue weighted by Gasteiger charge is -2.43. The molecular weight excluding hydrogens is 461 g/mol. The second-order valence-electron chi connectivity index (χ2n) is 9.33. The molecule has 1 aliphatic carbocycles. The van der Waals surface area contributed by atoms with E-state index in [9.17, 15) is 18.0 Å².